The van der Waals surface area contributed by atoms with Crippen molar-refractivity contribution in [2.75, 3.05) is 11.9 Å². The number of fused-ring (bicyclic) bond motifs is 1. The van der Waals surface area contributed by atoms with Gasteiger partial charge in [-0.25, -0.2) is 4.98 Å². The van der Waals surface area contributed by atoms with Crippen LogP contribution in [0.3, 0.4) is 0 Å². The van der Waals surface area contributed by atoms with Gasteiger partial charge in [-0.1, -0.05) is 18.2 Å². The number of imidazole rings is 1. The van der Waals surface area contributed by atoms with E-state index in [1.54, 1.807) is 18.2 Å². The number of nitro benzene ring substituents is 1. The number of anilines is 1. The summed E-state index contributed by atoms with van der Waals surface area (Å²) in [5.41, 5.74) is 0.219. The van der Waals surface area contributed by atoms with Crippen molar-refractivity contribution in [2.45, 2.75) is 31.4 Å². The van der Waals surface area contributed by atoms with Crippen LogP contribution in [0.4, 0.5) is 11.6 Å². The Hall–Kier alpha value is -3.35. The van der Waals surface area contributed by atoms with Crippen LogP contribution in [0.25, 0.3) is 11.2 Å². The minimum atomic E-state index is -0.847. The third-order valence-electron chi connectivity index (χ3n) is 4.76. The Kier molecular flexibility index (Phi) is 4.96. The second-order valence-corrected chi connectivity index (χ2v) is 6.59. The van der Waals surface area contributed by atoms with E-state index in [0.717, 1.165) is 0 Å². The van der Waals surface area contributed by atoms with Crippen LogP contribution in [0, 0.1) is 10.1 Å². The Morgan fingerprint density at radius 1 is 1.41 bits per heavy atom. The Balaban J connectivity index is 1.62. The smallest absolute Gasteiger partial charge is 0.280 e. The Bertz CT molecular complexity index is 1110. The van der Waals surface area contributed by atoms with E-state index < -0.39 is 28.9 Å². The van der Waals surface area contributed by atoms with Crippen LogP contribution in [0.2, 0.25) is 0 Å². The molecule has 2 aromatic heterocycles. The number of aliphatic hydroxyl groups excluding tert-OH is 2. The summed E-state index contributed by atoms with van der Waals surface area (Å²) in [6, 6.07) is 6.25. The van der Waals surface area contributed by atoms with Gasteiger partial charge in [0.15, 0.2) is 11.2 Å². The van der Waals surface area contributed by atoms with Crippen LogP contribution in [-0.4, -0.2) is 53.5 Å². The lowest BCUT2D eigenvalue weighted by atomic mass is 10.2. The molecule has 0 spiro atoms. The van der Waals surface area contributed by atoms with Crippen molar-refractivity contribution in [3.05, 3.63) is 56.6 Å². The average Bonchev–Trinajstić information content (AvgIpc) is 3.29. The number of aliphatic hydroxyl groups is 2. The average molecular weight is 402 g/mol. The molecular formula is C17H18N6O6. The number of aromatic nitrogens is 4. The van der Waals surface area contributed by atoms with Gasteiger partial charge in [0.1, 0.15) is 12.3 Å². The quantitative estimate of drug-likeness (QED) is 0.334. The maximum absolute atomic E-state index is 12.3. The monoisotopic (exact) mass is 402 g/mol. The predicted molar refractivity (Wildman–Crippen MR) is 100 cm³/mol. The van der Waals surface area contributed by atoms with Crippen LogP contribution in [0.5, 0.6) is 0 Å². The number of aromatic amines is 1. The normalized spacial score (nSPS) is 21.5. The van der Waals surface area contributed by atoms with Crippen molar-refractivity contribution in [1.82, 2.24) is 19.5 Å². The molecule has 1 saturated heterocycles. The minimum Gasteiger partial charge on any atom is -0.394 e. The first-order chi connectivity index (χ1) is 14.0. The number of nitrogens with zero attached hydrogens (tertiary/aromatic N) is 4. The molecule has 0 aliphatic carbocycles. The molecule has 12 nitrogen and oxygen atoms in total. The fourth-order valence-corrected chi connectivity index (χ4v) is 3.29. The van der Waals surface area contributed by atoms with Gasteiger partial charge in [0.05, 0.1) is 24.0 Å². The molecule has 3 aromatic rings. The Morgan fingerprint density at radius 3 is 2.93 bits per heavy atom. The molecule has 0 saturated carbocycles. The number of nitrogens with one attached hydrogen (secondary N) is 2. The van der Waals surface area contributed by atoms with E-state index in [0.29, 0.717) is 5.56 Å². The molecule has 0 amide bonds. The molecule has 0 radical (unpaired) electrons. The van der Waals surface area contributed by atoms with Crippen LogP contribution in [-0.2, 0) is 11.3 Å². The molecule has 29 heavy (non-hydrogen) atoms. The van der Waals surface area contributed by atoms with E-state index in [9.17, 15) is 25.1 Å². The maximum atomic E-state index is 12.3. The molecule has 3 heterocycles. The van der Waals surface area contributed by atoms with Gasteiger partial charge in [0.2, 0.25) is 5.95 Å². The molecule has 0 bridgehead atoms. The molecular weight excluding hydrogens is 384 g/mol. The van der Waals surface area contributed by atoms with E-state index >= 15 is 0 Å². The minimum absolute atomic E-state index is 0.0446. The van der Waals surface area contributed by atoms with E-state index in [1.165, 1.54) is 17.0 Å². The van der Waals surface area contributed by atoms with Gasteiger partial charge < -0.3 is 20.3 Å². The third-order valence-corrected chi connectivity index (χ3v) is 4.76. The number of hydrogen-bond acceptors (Lipinski definition) is 9. The summed E-state index contributed by atoms with van der Waals surface area (Å²) in [5.74, 6) is 0.111. The van der Waals surface area contributed by atoms with Gasteiger partial charge in [0.25, 0.3) is 11.2 Å². The largest absolute Gasteiger partial charge is 0.394 e. The molecule has 1 aliphatic rings. The Morgan fingerprint density at radius 2 is 2.21 bits per heavy atom. The van der Waals surface area contributed by atoms with Gasteiger partial charge in [-0.2, -0.15) is 4.98 Å². The number of para-hydroxylation sites is 1. The van der Waals surface area contributed by atoms with Crippen molar-refractivity contribution in [1.29, 1.82) is 0 Å². The standard InChI is InChI=1S/C17H18N6O6/c24-7-12-11(25)5-13(29-12)22-8-19-14-15(22)20-17(21-16(14)26)18-6-9-3-1-2-4-10(9)23(27)28/h1-4,8,11-13,24-25H,5-7H2,(H2,18,20,21,26)/t11-,12-,13-/m1/s1. The fraction of sp³-hybridized carbons (Fsp3) is 0.353. The molecule has 12 heteroatoms. The Labute approximate surface area is 162 Å². The van der Waals surface area contributed by atoms with Gasteiger partial charge >= 0.3 is 0 Å². The summed E-state index contributed by atoms with van der Waals surface area (Å²) in [4.78, 5) is 34.0. The lowest BCUT2D eigenvalue weighted by Crippen LogP contribution is -2.24. The molecule has 1 fully saturated rings. The summed E-state index contributed by atoms with van der Waals surface area (Å²) < 4.78 is 7.12. The zero-order valence-electron chi connectivity index (χ0n) is 15.1. The number of benzene rings is 1. The highest BCUT2D eigenvalue weighted by molar-refractivity contribution is 5.71. The molecule has 1 aliphatic heterocycles. The number of hydrogen-bond donors (Lipinski definition) is 4. The summed E-state index contributed by atoms with van der Waals surface area (Å²) in [5, 5.41) is 33.2. The first kappa shape index (κ1) is 19.0. The molecule has 4 rings (SSSR count). The summed E-state index contributed by atoms with van der Waals surface area (Å²) in [6.45, 7) is -0.258. The third kappa shape index (κ3) is 3.55. The molecule has 1 aromatic carbocycles. The van der Waals surface area contributed by atoms with Gasteiger partial charge in [0, 0.05) is 24.6 Å². The second kappa shape index (κ2) is 7.58. The first-order valence-corrected chi connectivity index (χ1v) is 8.85. The molecule has 152 valence electrons. The molecule has 4 N–H and O–H groups in total. The van der Waals surface area contributed by atoms with Crippen molar-refractivity contribution >= 4 is 22.8 Å². The van der Waals surface area contributed by atoms with E-state index in [1.807, 2.05) is 0 Å². The number of rotatable bonds is 6. The van der Waals surface area contributed by atoms with Crippen LogP contribution < -0.4 is 10.9 Å². The fourth-order valence-electron chi connectivity index (χ4n) is 3.29. The maximum Gasteiger partial charge on any atom is 0.280 e. The predicted octanol–water partition coefficient (Wildman–Crippen LogP) is 0.281. The number of ether oxygens (including phenoxy) is 1. The van der Waals surface area contributed by atoms with Crippen molar-refractivity contribution in [3.63, 3.8) is 0 Å². The molecule has 0 unspecified atom stereocenters. The van der Waals surface area contributed by atoms with Crippen LogP contribution in [0.15, 0.2) is 35.4 Å². The highest BCUT2D eigenvalue weighted by atomic mass is 16.6. The van der Waals surface area contributed by atoms with Crippen molar-refractivity contribution in [2.24, 2.45) is 0 Å². The van der Waals surface area contributed by atoms with Crippen LogP contribution >= 0.6 is 0 Å². The van der Waals surface area contributed by atoms with E-state index in [2.05, 4.69) is 20.3 Å². The van der Waals surface area contributed by atoms with Gasteiger partial charge in [-0.15, -0.1) is 0 Å². The highest BCUT2D eigenvalue weighted by Gasteiger charge is 2.35. The van der Waals surface area contributed by atoms with Crippen LogP contribution in [0.1, 0.15) is 18.2 Å². The van der Waals surface area contributed by atoms with Crippen molar-refractivity contribution < 1.29 is 19.9 Å². The first-order valence-electron chi connectivity index (χ1n) is 8.85. The summed E-state index contributed by atoms with van der Waals surface area (Å²) in [7, 11) is 0. The number of H-pyrrole nitrogens is 1. The highest BCUT2D eigenvalue weighted by Crippen LogP contribution is 2.30. The lowest BCUT2D eigenvalue weighted by molar-refractivity contribution is -0.385. The zero-order valence-corrected chi connectivity index (χ0v) is 15.1. The summed E-state index contributed by atoms with van der Waals surface area (Å²) >= 11 is 0. The summed E-state index contributed by atoms with van der Waals surface area (Å²) in [6.07, 6.45) is -0.610. The van der Waals surface area contributed by atoms with Gasteiger partial charge in [-0.3, -0.25) is 24.5 Å². The van der Waals surface area contributed by atoms with Crippen molar-refractivity contribution in [3.8, 4) is 0 Å². The van der Waals surface area contributed by atoms with Gasteiger partial charge in [-0.05, 0) is 0 Å². The van der Waals surface area contributed by atoms with E-state index in [-0.39, 0.29) is 42.4 Å². The SMILES string of the molecule is O=c1[nH]c(NCc2ccccc2[N+](=O)[O-])nc2c1ncn2[C@H]1C[C@@H](O)[C@@H](CO)O1. The second-order valence-electron chi connectivity index (χ2n) is 6.59. The number of nitro groups is 1. The van der Waals surface area contributed by atoms with E-state index in [4.69, 9.17) is 4.74 Å². The topological polar surface area (TPSA) is 168 Å². The molecule has 3 atom stereocenters. The lowest BCUT2D eigenvalue weighted by Gasteiger charge is -2.14. The zero-order chi connectivity index (χ0) is 20.5.